The number of nitrogens with zero attached hydrogens (tertiary/aromatic N) is 1. The molecule has 0 bridgehead atoms. The molecule has 1 nitrogen and oxygen atoms in total. The number of allylic oxidation sites excluding steroid dienone is 5. The smallest absolute Gasteiger partial charge is 0.0594 e. The monoisotopic (exact) mass is 229 g/mol. The molecule has 0 saturated carbocycles. The van der Waals surface area contributed by atoms with Gasteiger partial charge in [0.15, 0.2) is 0 Å². The van der Waals surface area contributed by atoms with E-state index in [-0.39, 0.29) is 0 Å². The Morgan fingerprint density at radius 3 is 2.69 bits per heavy atom. The summed E-state index contributed by atoms with van der Waals surface area (Å²) in [5.74, 6) is 0. The molecule has 80 valence electrons. The second kappa shape index (κ2) is 5.47. The lowest BCUT2D eigenvalue weighted by Crippen LogP contribution is -1.97. The standard InChI is InChI=1S/C14H12ClN/c15-16-14-8-4-7-13(11-14)10-9-12-5-2-1-3-6-12/h1-10H,11H2. The second-order valence-corrected chi connectivity index (χ2v) is 3.77. The molecule has 0 N–H and O–H groups in total. The minimum Gasteiger partial charge on any atom is -0.182 e. The van der Waals surface area contributed by atoms with E-state index in [4.69, 9.17) is 11.8 Å². The fourth-order valence-electron chi connectivity index (χ4n) is 1.55. The molecule has 1 aromatic rings. The third kappa shape index (κ3) is 2.94. The van der Waals surface area contributed by atoms with Gasteiger partial charge in [-0.1, -0.05) is 54.6 Å². The molecule has 0 saturated heterocycles. The van der Waals surface area contributed by atoms with E-state index < -0.39 is 0 Å². The van der Waals surface area contributed by atoms with E-state index in [0.29, 0.717) is 0 Å². The largest absolute Gasteiger partial charge is 0.182 e. The van der Waals surface area contributed by atoms with Gasteiger partial charge in [-0.2, -0.15) is 4.51 Å². The Morgan fingerprint density at radius 1 is 1.12 bits per heavy atom. The van der Waals surface area contributed by atoms with E-state index in [9.17, 15) is 0 Å². The Balaban J connectivity index is 2.09. The van der Waals surface area contributed by atoms with Gasteiger partial charge in [0, 0.05) is 18.2 Å². The Bertz CT molecular complexity index is 467. The highest BCUT2D eigenvalue weighted by Crippen LogP contribution is 2.14. The maximum absolute atomic E-state index is 5.45. The minimum absolute atomic E-state index is 0.795. The van der Waals surface area contributed by atoms with Gasteiger partial charge in [-0.3, -0.25) is 0 Å². The summed E-state index contributed by atoms with van der Waals surface area (Å²) in [7, 11) is 0. The molecule has 1 aliphatic rings. The molecule has 0 heterocycles. The molecule has 16 heavy (non-hydrogen) atoms. The summed E-state index contributed by atoms with van der Waals surface area (Å²) in [4.78, 5) is 0. The summed E-state index contributed by atoms with van der Waals surface area (Å²) in [5.41, 5.74) is 3.31. The van der Waals surface area contributed by atoms with Crippen LogP contribution in [0.1, 0.15) is 12.0 Å². The SMILES string of the molecule is ClN=C1C=CC=C(C=Cc2ccccc2)C1. The minimum atomic E-state index is 0.795. The summed E-state index contributed by atoms with van der Waals surface area (Å²) < 4.78 is 3.68. The van der Waals surface area contributed by atoms with E-state index in [1.54, 1.807) is 0 Å². The van der Waals surface area contributed by atoms with Crippen molar-refractivity contribution < 1.29 is 0 Å². The van der Waals surface area contributed by atoms with E-state index >= 15 is 0 Å². The molecule has 1 aliphatic carbocycles. The van der Waals surface area contributed by atoms with Crippen molar-refractivity contribution in [3.63, 3.8) is 0 Å². The van der Waals surface area contributed by atoms with E-state index in [0.717, 1.165) is 12.1 Å². The first kappa shape index (κ1) is 10.9. The highest BCUT2D eigenvalue weighted by atomic mass is 35.5. The van der Waals surface area contributed by atoms with Crippen LogP contribution in [-0.2, 0) is 0 Å². The van der Waals surface area contributed by atoms with Crippen LogP contribution in [-0.4, -0.2) is 5.71 Å². The molecule has 0 unspecified atom stereocenters. The summed E-state index contributed by atoms with van der Waals surface area (Å²) in [6, 6.07) is 10.2. The van der Waals surface area contributed by atoms with Crippen LogP contribution in [0.5, 0.6) is 0 Å². The van der Waals surface area contributed by atoms with Crippen molar-refractivity contribution in [1.29, 1.82) is 0 Å². The lowest BCUT2D eigenvalue weighted by Gasteiger charge is -2.05. The Hall–Kier alpha value is -1.60. The Labute approximate surface area is 101 Å². The van der Waals surface area contributed by atoms with Crippen molar-refractivity contribution in [3.05, 3.63) is 65.8 Å². The zero-order chi connectivity index (χ0) is 11.2. The van der Waals surface area contributed by atoms with Crippen LogP contribution in [0.2, 0.25) is 0 Å². The van der Waals surface area contributed by atoms with E-state index in [1.165, 1.54) is 11.1 Å². The molecule has 0 spiro atoms. The third-order valence-electron chi connectivity index (χ3n) is 2.38. The molecular weight excluding hydrogens is 218 g/mol. The van der Waals surface area contributed by atoms with Crippen molar-refractivity contribution in [2.24, 2.45) is 4.51 Å². The van der Waals surface area contributed by atoms with Gasteiger partial charge in [0.05, 0.1) is 5.71 Å². The van der Waals surface area contributed by atoms with Gasteiger partial charge in [0.1, 0.15) is 0 Å². The molecule has 2 rings (SSSR count). The predicted octanol–water partition coefficient (Wildman–Crippen LogP) is 4.18. The normalized spacial score (nSPS) is 18.1. The maximum atomic E-state index is 5.45. The molecule has 0 aliphatic heterocycles. The highest BCUT2D eigenvalue weighted by molar-refractivity contribution is 6.22. The van der Waals surface area contributed by atoms with Crippen LogP contribution in [0, 0.1) is 0 Å². The van der Waals surface area contributed by atoms with Crippen LogP contribution in [0.25, 0.3) is 6.08 Å². The second-order valence-electron chi connectivity index (χ2n) is 3.60. The first-order chi connectivity index (χ1) is 7.88. The summed E-state index contributed by atoms with van der Waals surface area (Å²) >= 11 is 5.45. The topological polar surface area (TPSA) is 12.4 Å². The average Bonchev–Trinajstić information content (AvgIpc) is 2.38. The summed E-state index contributed by atoms with van der Waals surface area (Å²) in [6.07, 6.45) is 11.0. The molecule has 0 aromatic heterocycles. The molecule has 2 heteroatoms. The van der Waals surface area contributed by atoms with Crippen molar-refractivity contribution in [3.8, 4) is 0 Å². The van der Waals surface area contributed by atoms with Gasteiger partial charge >= 0.3 is 0 Å². The molecule has 0 radical (unpaired) electrons. The molecular formula is C14H12ClN. The third-order valence-corrected chi connectivity index (χ3v) is 2.60. The molecule has 0 fully saturated rings. The fraction of sp³-hybridized carbons (Fsp3) is 0.0714. The zero-order valence-electron chi connectivity index (χ0n) is 8.81. The summed E-state index contributed by atoms with van der Waals surface area (Å²) in [5, 5.41) is 0. The van der Waals surface area contributed by atoms with Crippen molar-refractivity contribution in [1.82, 2.24) is 0 Å². The van der Waals surface area contributed by atoms with Crippen LogP contribution in [0.3, 0.4) is 0 Å². The molecule has 0 atom stereocenters. The number of hydrogen-bond acceptors (Lipinski definition) is 1. The van der Waals surface area contributed by atoms with Gasteiger partial charge in [-0.15, -0.1) is 0 Å². The number of benzene rings is 1. The van der Waals surface area contributed by atoms with E-state index in [2.05, 4.69) is 34.9 Å². The predicted molar refractivity (Wildman–Crippen MR) is 70.6 cm³/mol. The van der Waals surface area contributed by atoms with Gasteiger partial charge < -0.3 is 0 Å². The van der Waals surface area contributed by atoms with Crippen molar-refractivity contribution in [2.75, 3.05) is 0 Å². The fourth-order valence-corrected chi connectivity index (χ4v) is 1.67. The quantitative estimate of drug-likeness (QED) is 0.722. The van der Waals surface area contributed by atoms with Crippen LogP contribution in [0.15, 0.2) is 64.7 Å². The Morgan fingerprint density at radius 2 is 1.94 bits per heavy atom. The van der Waals surface area contributed by atoms with Crippen LogP contribution >= 0.6 is 11.8 Å². The van der Waals surface area contributed by atoms with Gasteiger partial charge in [-0.25, -0.2) is 0 Å². The molecule has 0 amide bonds. The van der Waals surface area contributed by atoms with E-state index in [1.807, 2.05) is 30.4 Å². The van der Waals surface area contributed by atoms with Crippen LogP contribution in [0.4, 0.5) is 0 Å². The van der Waals surface area contributed by atoms with Gasteiger partial charge in [-0.05, 0) is 17.2 Å². The number of halogens is 1. The van der Waals surface area contributed by atoms with Gasteiger partial charge in [0.2, 0.25) is 0 Å². The highest BCUT2D eigenvalue weighted by Gasteiger charge is 2.01. The lowest BCUT2D eigenvalue weighted by molar-refractivity contribution is 1.34. The van der Waals surface area contributed by atoms with Crippen molar-refractivity contribution >= 4 is 23.6 Å². The first-order valence-electron chi connectivity index (χ1n) is 5.17. The Kier molecular flexibility index (Phi) is 3.73. The van der Waals surface area contributed by atoms with Crippen molar-refractivity contribution in [2.45, 2.75) is 6.42 Å². The maximum Gasteiger partial charge on any atom is 0.0594 e. The summed E-state index contributed by atoms with van der Waals surface area (Å²) in [6.45, 7) is 0. The lowest BCUT2D eigenvalue weighted by atomic mass is 10.0. The van der Waals surface area contributed by atoms with Crippen LogP contribution < -0.4 is 0 Å². The van der Waals surface area contributed by atoms with Gasteiger partial charge in [0.25, 0.3) is 0 Å². The molecule has 1 aromatic carbocycles. The number of hydrogen-bond donors (Lipinski definition) is 0. The average molecular weight is 230 g/mol. The first-order valence-corrected chi connectivity index (χ1v) is 5.50. The zero-order valence-corrected chi connectivity index (χ0v) is 9.56. The number of rotatable bonds is 2.